The molecule has 0 radical (unpaired) electrons. The van der Waals surface area contributed by atoms with E-state index < -0.39 is 24.7 Å². The van der Waals surface area contributed by atoms with Crippen LogP contribution in [0.25, 0.3) is 0 Å². The Morgan fingerprint density at radius 1 is 1.06 bits per heavy atom. The van der Waals surface area contributed by atoms with Gasteiger partial charge < -0.3 is 24.8 Å². The van der Waals surface area contributed by atoms with Gasteiger partial charge in [-0.05, 0) is 43.9 Å². The summed E-state index contributed by atoms with van der Waals surface area (Å²) in [6.07, 6.45) is -2.94. The van der Waals surface area contributed by atoms with Crippen LogP contribution in [-0.4, -0.2) is 67.1 Å². The molecule has 0 aliphatic heterocycles. The summed E-state index contributed by atoms with van der Waals surface area (Å²) >= 11 is 0. The van der Waals surface area contributed by atoms with E-state index in [4.69, 9.17) is 9.47 Å². The Kier molecular flexibility index (Phi) is 14.1. The van der Waals surface area contributed by atoms with E-state index in [1.807, 2.05) is 6.92 Å². The summed E-state index contributed by atoms with van der Waals surface area (Å²) < 4.78 is 47.7. The molecule has 2 amide bonds. The summed E-state index contributed by atoms with van der Waals surface area (Å²) in [7, 11) is 0. The Morgan fingerprint density at radius 3 is 2.32 bits per heavy atom. The van der Waals surface area contributed by atoms with Gasteiger partial charge in [0.1, 0.15) is 12.4 Å². The summed E-state index contributed by atoms with van der Waals surface area (Å²) in [4.78, 5) is 25.2. The number of halogens is 3. The van der Waals surface area contributed by atoms with Crippen LogP contribution in [-0.2, 0) is 16.0 Å². The normalized spacial score (nSPS) is 12.3. The van der Waals surface area contributed by atoms with Gasteiger partial charge in [-0.15, -0.1) is 0 Å². The molecule has 34 heavy (non-hydrogen) atoms. The van der Waals surface area contributed by atoms with Crippen molar-refractivity contribution in [3.63, 3.8) is 0 Å². The summed E-state index contributed by atoms with van der Waals surface area (Å²) in [5, 5.41) is 12.0. The zero-order chi connectivity index (χ0) is 25.4. The van der Waals surface area contributed by atoms with Crippen molar-refractivity contribution in [1.82, 2.24) is 10.2 Å². The lowest BCUT2D eigenvalue weighted by atomic mass is 10.1. The van der Waals surface area contributed by atoms with Crippen molar-refractivity contribution < 1.29 is 37.3 Å². The van der Waals surface area contributed by atoms with Gasteiger partial charge in [0.05, 0.1) is 6.54 Å². The van der Waals surface area contributed by atoms with E-state index in [9.17, 15) is 27.9 Å². The van der Waals surface area contributed by atoms with E-state index in [1.54, 1.807) is 36.1 Å². The third kappa shape index (κ3) is 13.3. The van der Waals surface area contributed by atoms with Gasteiger partial charge in [-0.2, -0.15) is 13.2 Å². The van der Waals surface area contributed by atoms with Crippen LogP contribution in [0.15, 0.2) is 24.3 Å². The molecular formula is C24H37F3N2O5. The predicted molar refractivity (Wildman–Crippen MR) is 123 cm³/mol. The van der Waals surface area contributed by atoms with E-state index in [-0.39, 0.29) is 25.5 Å². The Hall–Kier alpha value is -2.49. The molecule has 0 aromatic heterocycles. The fourth-order valence-corrected chi connectivity index (χ4v) is 3.27. The summed E-state index contributed by atoms with van der Waals surface area (Å²) in [6, 6.07) is 6.81. The number of rotatable bonds is 17. The van der Waals surface area contributed by atoms with Crippen molar-refractivity contribution in [2.45, 2.75) is 71.1 Å². The van der Waals surface area contributed by atoms with Crippen molar-refractivity contribution >= 4 is 12.0 Å². The number of carboxylic acids is 1. The lowest BCUT2D eigenvalue weighted by molar-refractivity contribution is -0.150. The molecule has 7 nitrogen and oxygen atoms in total. The third-order valence-electron chi connectivity index (χ3n) is 5.07. The first kappa shape index (κ1) is 29.5. The summed E-state index contributed by atoms with van der Waals surface area (Å²) in [5.74, 6) is -0.419. The van der Waals surface area contributed by atoms with Gasteiger partial charge in [0.15, 0.2) is 6.10 Å². The maximum Gasteiger partial charge on any atom is 0.389 e. The molecule has 10 heteroatoms. The van der Waals surface area contributed by atoms with E-state index in [2.05, 4.69) is 5.32 Å². The average molecular weight is 491 g/mol. The van der Waals surface area contributed by atoms with Crippen LogP contribution in [0.1, 0.15) is 57.9 Å². The van der Waals surface area contributed by atoms with Crippen LogP contribution in [0, 0.1) is 0 Å². The first-order valence-corrected chi connectivity index (χ1v) is 11.8. The number of urea groups is 1. The molecule has 0 saturated heterocycles. The van der Waals surface area contributed by atoms with Crippen LogP contribution in [0.3, 0.4) is 0 Å². The van der Waals surface area contributed by atoms with Crippen molar-refractivity contribution in [1.29, 1.82) is 0 Å². The van der Waals surface area contributed by atoms with Crippen molar-refractivity contribution in [2.75, 3.05) is 32.8 Å². The number of carbonyl (C=O) groups excluding carboxylic acids is 1. The number of hydrogen-bond acceptors (Lipinski definition) is 4. The summed E-state index contributed by atoms with van der Waals surface area (Å²) in [5.41, 5.74) is 0.805. The monoisotopic (exact) mass is 490 g/mol. The molecule has 0 spiro atoms. The standard InChI is InChI=1S/C24H37F3N2O5/c1-3-14-28-23(32)29(15-8-6-5-7-13-24(25,26)27)16-17-34-20-11-9-19(10-12-20)18-21(22(30)31)33-4-2/h9-12,21H,3-8,13-18H2,1-2H3,(H,28,32)(H,30,31). The van der Waals surface area contributed by atoms with Crippen LogP contribution < -0.4 is 10.1 Å². The molecule has 0 bridgehead atoms. The number of amides is 2. The quantitative estimate of drug-likeness (QED) is 0.299. The Labute approximate surface area is 199 Å². The van der Waals surface area contributed by atoms with Crippen molar-refractivity contribution in [3.05, 3.63) is 29.8 Å². The molecule has 1 aromatic carbocycles. The number of ether oxygens (including phenoxy) is 2. The van der Waals surface area contributed by atoms with Crippen LogP contribution in [0.4, 0.5) is 18.0 Å². The van der Waals surface area contributed by atoms with E-state index in [0.717, 1.165) is 12.0 Å². The minimum Gasteiger partial charge on any atom is -0.492 e. The van der Waals surface area contributed by atoms with E-state index in [0.29, 0.717) is 51.3 Å². The minimum atomic E-state index is -4.12. The Morgan fingerprint density at radius 2 is 1.74 bits per heavy atom. The molecule has 0 heterocycles. The minimum absolute atomic E-state index is 0.0996. The zero-order valence-electron chi connectivity index (χ0n) is 20.0. The number of carboxylic acid groups (broad SMARTS) is 1. The SMILES string of the molecule is CCCNC(=O)N(CCCCCCC(F)(F)F)CCOc1ccc(CC(OCC)C(=O)O)cc1. The fraction of sp³-hybridized carbons (Fsp3) is 0.667. The zero-order valence-corrected chi connectivity index (χ0v) is 20.0. The first-order valence-electron chi connectivity index (χ1n) is 11.8. The number of hydrogen-bond donors (Lipinski definition) is 2. The van der Waals surface area contributed by atoms with E-state index in [1.165, 1.54) is 0 Å². The lowest BCUT2D eigenvalue weighted by Gasteiger charge is -2.23. The third-order valence-corrected chi connectivity index (χ3v) is 5.07. The van der Waals surface area contributed by atoms with Gasteiger partial charge in [-0.25, -0.2) is 9.59 Å². The number of nitrogens with zero attached hydrogens (tertiary/aromatic N) is 1. The highest BCUT2D eigenvalue weighted by Gasteiger charge is 2.25. The van der Waals surface area contributed by atoms with Crippen LogP contribution in [0.2, 0.25) is 0 Å². The number of carbonyl (C=O) groups is 2. The number of benzene rings is 1. The Bertz CT molecular complexity index is 714. The van der Waals surface area contributed by atoms with Gasteiger partial charge >= 0.3 is 18.2 Å². The second kappa shape index (κ2) is 16.2. The second-order valence-corrected chi connectivity index (χ2v) is 7.98. The molecule has 0 aliphatic rings. The number of aliphatic carboxylic acids is 1. The molecule has 0 fully saturated rings. The Balaban J connectivity index is 2.49. The molecule has 2 N–H and O–H groups in total. The molecule has 0 saturated carbocycles. The largest absolute Gasteiger partial charge is 0.492 e. The van der Waals surface area contributed by atoms with Crippen LogP contribution >= 0.6 is 0 Å². The predicted octanol–water partition coefficient (Wildman–Crippen LogP) is 5.03. The molecule has 1 rings (SSSR count). The number of nitrogens with one attached hydrogen (secondary N) is 1. The summed E-state index contributed by atoms with van der Waals surface area (Å²) in [6.45, 7) is 5.58. The van der Waals surface area contributed by atoms with Crippen molar-refractivity contribution in [3.8, 4) is 5.75 Å². The van der Waals surface area contributed by atoms with Gasteiger partial charge in [0.25, 0.3) is 0 Å². The maximum atomic E-state index is 12.4. The smallest absolute Gasteiger partial charge is 0.389 e. The highest BCUT2D eigenvalue weighted by Crippen LogP contribution is 2.23. The molecule has 1 atom stereocenters. The number of unbranched alkanes of at least 4 members (excludes halogenated alkanes) is 3. The van der Waals surface area contributed by atoms with Gasteiger partial charge in [-0.1, -0.05) is 31.9 Å². The fourth-order valence-electron chi connectivity index (χ4n) is 3.27. The average Bonchev–Trinajstić information content (AvgIpc) is 2.78. The topological polar surface area (TPSA) is 88.1 Å². The van der Waals surface area contributed by atoms with Crippen molar-refractivity contribution in [2.24, 2.45) is 0 Å². The second-order valence-electron chi connectivity index (χ2n) is 7.98. The molecule has 0 aliphatic carbocycles. The van der Waals surface area contributed by atoms with Crippen LogP contribution in [0.5, 0.6) is 5.75 Å². The number of alkyl halides is 3. The highest BCUT2D eigenvalue weighted by atomic mass is 19.4. The van der Waals surface area contributed by atoms with Gasteiger partial charge in [0.2, 0.25) is 0 Å². The molecular weight excluding hydrogens is 453 g/mol. The molecule has 194 valence electrons. The van der Waals surface area contributed by atoms with E-state index >= 15 is 0 Å². The molecule has 1 aromatic rings. The van der Waals surface area contributed by atoms with Gasteiger partial charge in [-0.3, -0.25) is 0 Å². The van der Waals surface area contributed by atoms with Gasteiger partial charge in [0, 0.05) is 32.5 Å². The first-order chi connectivity index (χ1) is 16.2. The molecule has 1 unspecified atom stereocenters. The maximum absolute atomic E-state index is 12.4. The lowest BCUT2D eigenvalue weighted by Crippen LogP contribution is -2.42. The highest BCUT2D eigenvalue weighted by molar-refractivity contribution is 5.74.